The summed E-state index contributed by atoms with van der Waals surface area (Å²) in [6, 6.07) is 12.0. The molecule has 0 aliphatic carbocycles. The Morgan fingerprint density at radius 3 is 2.32 bits per heavy atom. The third kappa shape index (κ3) is 7.21. The summed E-state index contributed by atoms with van der Waals surface area (Å²) in [5.74, 6) is -0.486. The van der Waals surface area contributed by atoms with Crippen molar-refractivity contribution < 1.29 is 18.0 Å². The first-order chi connectivity index (χ1) is 16.0. The predicted molar refractivity (Wildman–Crippen MR) is 137 cm³/mol. The summed E-state index contributed by atoms with van der Waals surface area (Å²) in [4.78, 5) is 27.3. The van der Waals surface area contributed by atoms with Gasteiger partial charge in [-0.1, -0.05) is 42.8 Å². The summed E-state index contributed by atoms with van der Waals surface area (Å²) in [7, 11) is -1.99. The van der Waals surface area contributed by atoms with Crippen molar-refractivity contribution >= 4 is 39.1 Å². The van der Waals surface area contributed by atoms with Crippen LogP contribution in [0.4, 0.5) is 5.69 Å². The summed E-state index contributed by atoms with van der Waals surface area (Å²) < 4.78 is 26.2. The fourth-order valence-corrected chi connectivity index (χ4v) is 4.93. The second-order valence-electron chi connectivity index (χ2n) is 8.36. The summed E-state index contributed by atoms with van der Waals surface area (Å²) in [6.07, 6.45) is 2.00. The highest BCUT2D eigenvalue weighted by Crippen LogP contribution is 2.23. The van der Waals surface area contributed by atoms with Crippen LogP contribution in [0.25, 0.3) is 0 Å². The highest BCUT2D eigenvalue weighted by molar-refractivity contribution is 7.92. The topological polar surface area (TPSA) is 86.8 Å². The molecule has 9 heteroatoms. The number of likely N-dealkylation sites (N-methyl/N-ethyl adjacent to an activating group) is 1. The lowest BCUT2D eigenvalue weighted by atomic mass is 10.1. The molecule has 2 aromatic carbocycles. The molecule has 2 amide bonds. The number of hydrogen-bond donors (Lipinski definition) is 1. The molecule has 0 radical (unpaired) electrons. The second-order valence-corrected chi connectivity index (χ2v) is 10.7. The maximum atomic E-state index is 13.3. The average molecular weight is 508 g/mol. The van der Waals surface area contributed by atoms with Gasteiger partial charge in [0.2, 0.25) is 21.8 Å². The van der Waals surface area contributed by atoms with Crippen molar-refractivity contribution in [3.05, 3.63) is 64.2 Å². The van der Waals surface area contributed by atoms with Crippen molar-refractivity contribution in [3.8, 4) is 0 Å². The number of sulfonamides is 1. The smallest absolute Gasteiger partial charge is 0.242 e. The van der Waals surface area contributed by atoms with E-state index in [4.69, 9.17) is 11.6 Å². The molecule has 0 bridgehead atoms. The van der Waals surface area contributed by atoms with Crippen molar-refractivity contribution in [2.45, 2.75) is 52.6 Å². The van der Waals surface area contributed by atoms with Gasteiger partial charge in [0.05, 0.1) is 11.9 Å². The van der Waals surface area contributed by atoms with Gasteiger partial charge >= 0.3 is 0 Å². The fraction of sp³-hybridized carbons (Fsp3) is 0.440. The molecule has 2 rings (SSSR count). The molecule has 0 unspecified atom stereocenters. The molecule has 0 aliphatic heterocycles. The second kappa shape index (κ2) is 12.2. The van der Waals surface area contributed by atoms with E-state index in [1.54, 1.807) is 18.2 Å². The van der Waals surface area contributed by atoms with Gasteiger partial charge in [-0.2, -0.15) is 0 Å². The number of benzene rings is 2. The van der Waals surface area contributed by atoms with Gasteiger partial charge in [0, 0.05) is 31.6 Å². The number of anilines is 1. The van der Waals surface area contributed by atoms with Crippen molar-refractivity contribution in [1.29, 1.82) is 0 Å². The largest absolute Gasteiger partial charge is 0.357 e. The first-order valence-corrected chi connectivity index (χ1v) is 13.5. The molecule has 0 saturated heterocycles. The third-order valence-corrected chi connectivity index (χ3v) is 7.42. The van der Waals surface area contributed by atoms with Crippen LogP contribution in [-0.2, 0) is 26.2 Å². The van der Waals surface area contributed by atoms with E-state index in [0.29, 0.717) is 23.6 Å². The maximum Gasteiger partial charge on any atom is 0.242 e. The van der Waals surface area contributed by atoms with Gasteiger partial charge in [-0.3, -0.25) is 13.9 Å². The number of hydrogen-bond acceptors (Lipinski definition) is 4. The minimum Gasteiger partial charge on any atom is -0.357 e. The SMILES string of the molecule is CC[C@H](C(=O)NC)N(Cc1ccccc1Cl)C(=O)CCCN(c1ccc(C)c(C)c1)S(C)(=O)=O. The molecule has 7 nitrogen and oxygen atoms in total. The number of aryl methyl sites for hydroxylation is 2. The Morgan fingerprint density at radius 1 is 1.09 bits per heavy atom. The normalized spacial score (nSPS) is 12.2. The van der Waals surface area contributed by atoms with E-state index in [-0.39, 0.29) is 31.3 Å². The molecule has 0 aliphatic rings. The van der Waals surface area contributed by atoms with E-state index in [0.717, 1.165) is 22.9 Å². The zero-order valence-electron chi connectivity index (χ0n) is 20.5. The van der Waals surface area contributed by atoms with Gasteiger partial charge in [-0.25, -0.2) is 8.42 Å². The zero-order chi connectivity index (χ0) is 25.5. The lowest BCUT2D eigenvalue weighted by Crippen LogP contribution is -2.48. The van der Waals surface area contributed by atoms with E-state index in [9.17, 15) is 18.0 Å². The first-order valence-electron chi connectivity index (χ1n) is 11.3. The first kappa shape index (κ1) is 27.7. The van der Waals surface area contributed by atoms with Gasteiger partial charge in [-0.05, 0) is 61.6 Å². The molecule has 0 saturated carbocycles. The molecule has 186 valence electrons. The fourth-order valence-electron chi connectivity index (χ4n) is 3.78. The van der Waals surface area contributed by atoms with Crippen LogP contribution in [0.15, 0.2) is 42.5 Å². The standard InChI is InChI=1S/C25H34ClN3O4S/c1-6-23(25(31)27-4)28(17-20-10-7-8-11-22(20)26)24(30)12-9-15-29(34(5,32)33)21-14-13-18(2)19(3)16-21/h7-8,10-11,13-14,16,23H,6,9,12,15,17H2,1-5H3,(H,27,31)/t23-/m1/s1. The monoisotopic (exact) mass is 507 g/mol. The van der Waals surface area contributed by atoms with Gasteiger partial charge in [0.25, 0.3) is 0 Å². The summed E-state index contributed by atoms with van der Waals surface area (Å²) >= 11 is 6.31. The maximum absolute atomic E-state index is 13.3. The Morgan fingerprint density at radius 2 is 1.76 bits per heavy atom. The Kier molecular flexibility index (Phi) is 9.94. The van der Waals surface area contributed by atoms with Crippen LogP contribution >= 0.6 is 11.6 Å². The van der Waals surface area contributed by atoms with Crippen molar-refractivity contribution in [1.82, 2.24) is 10.2 Å². The van der Waals surface area contributed by atoms with Crippen LogP contribution in [0.2, 0.25) is 5.02 Å². The van der Waals surface area contributed by atoms with Crippen LogP contribution in [0, 0.1) is 13.8 Å². The minimum absolute atomic E-state index is 0.0921. The van der Waals surface area contributed by atoms with Gasteiger partial charge in [0.15, 0.2) is 0 Å². The molecule has 34 heavy (non-hydrogen) atoms. The summed E-state index contributed by atoms with van der Waals surface area (Å²) in [6.45, 7) is 6.09. The van der Waals surface area contributed by atoms with Gasteiger partial charge < -0.3 is 10.2 Å². The predicted octanol–water partition coefficient (Wildman–Crippen LogP) is 4.06. The number of halogens is 1. The number of carbonyl (C=O) groups excluding carboxylic acids is 2. The summed E-state index contributed by atoms with van der Waals surface area (Å²) in [5, 5.41) is 3.14. The number of carbonyl (C=O) groups is 2. The lowest BCUT2D eigenvalue weighted by Gasteiger charge is -2.31. The molecular weight excluding hydrogens is 474 g/mol. The van der Waals surface area contributed by atoms with Crippen molar-refractivity contribution in [2.24, 2.45) is 0 Å². The highest BCUT2D eigenvalue weighted by Gasteiger charge is 2.28. The number of nitrogens with zero attached hydrogens (tertiary/aromatic N) is 2. The van der Waals surface area contributed by atoms with E-state index >= 15 is 0 Å². The molecular formula is C25H34ClN3O4S. The van der Waals surface area contributed by atoms with E-state index in [2.05, 4.69) is 5.32 Å². The minimum atomic E-state index is -3.53. The van der Waals surface area contributed by atoms with E-state index in [1.165, 1.54) is 16.3 Å². The van der Waals surface area contributed by atoms with Crippen LogP contribution in [-0.4, -0.2) is 51.0 Å². The molecule has 0 spiro atoms. The molecule has 0 aromatic heterocycles. The highest BCUT2D eigenvalue weighted by atomic mass is 35.5. The summed E-state index contributed by atoms with van der Waals surface area (Å²) in [5.41, 5.74) is 3.38. The Balaban J connectivity index is 2.21. The molecule has 1 N–H and O–H groups in total. The molecule has 2 aromatic rings. The van der Waals surface area contributed by atoms with Crippen LogP contribution < -0.4 is 9.62 Å². The lowest BCUT2D eigenvalue weighted by molar-refractivity contribution is -0.141. The zero-order valence-corrected chi connectivity index (χ0v) is 22.0. The van der Waals surface area contributed by atoms with Crippen molar-refractivity contribution in [3.63, 3.8) is 0 Å². The van der Waals surface area contributed by atoms with E-state index in [1.807, 2.05) is 45.0 Å². The Labute approximate surface area is 208 Å². The van der Waals surface area contributed by atoms with Gasteiger partial charge in [0.1, 0.15) is 6.04 Å². The number of amides is 2. The average Bonchev–Trinajstić information content (AvgIpc) is 2.78. The third-order valence-electron chi connectivity index (χ3n) is 5.86. The quantitative estimate of drug-likeness (QED) is 0.497. The van der Waals surface area contributed by atoms with Gasteiger partial charge in [-0.15, -0.1) is 0 Å². The molecule has 0 fully saturated rings. The van der Waals surface area contributed by atoms with Crippen LogP contribution in [0.5, 0.6) is 0 Å². The number of rotatable bonds is 11. The van der Waals surface area contributed by atoms with Crippen molar-refractivity contribution in [2.75, 3.05) is 24.2 Å². The molecule has 1 atom stereocenters. The van der Waals surface area contributed by atoms with Crippen LogP contribution in [0.3, 0.4) is 0 Å². The number of nitrogens with one attached hydrogen (secondary N) is 1. The molecule has 0 heterocycles. The Bertz CT molecular complexity index is 1120. The van der Waals surface area contributed by atoms with E-state index < -0.39 is 16.1 Å². The Hall–Kier alpha value is -2.58. The van der Waals surface area contributed by atoms with Crippen LogP contribution in [0.1, 0.15) is 42.9 Å².